The predicted octanol–water partition coefficient (Wildman–Crippen LogP) is -1.25. The molecule has 0 spiro atoms. The molecule has 0 radical (unpaired) electrons. The van der Waals surface area contributed by atoms with Crippen LogP contribution in [0.25, 0.3) is 0 Å². The van der Waals surface area contributed by atoms with Crippen LogP contribution in [0.2, 0.25) is 0 Å². The van der Waals surface area contributed by atoms with Crippen molar-refractivity contribution in [2.24, 2.45) is 0 Å². The average molecular weight is 278 g/mol. The van der Waals surface area contributed by atoms with Crippen molar-refractivity contribution >= 4 is 11.8 Å². The summed E-state index contributed by atoms with van der Waals surface area (Å²) in [7, 11) is 0. The molecule has 19 heavy (non-hydrogen) atoms. The first-order chi connectivity index (χ1) is 8.93. The van der Waals surface area contributed by atoms with Gasteiger partial charge < -0.3 is 25.2 Å². The average Bonchev–Trinajstić information content (AvgIpc) is 2.42. The van der Waals surface area contributed by atoms with E-state index in [9.17, 15) is 24.9 Å². The Kier molecular flexibility index (Phi) is 9.32. The number of esters is 1. The van der Waals surface area contributed by atoms with Crippen LogP contribution in [0.5, 0.6) is 0 Å². The van der Waals surface area contributed by atoms with Gasteiger partial charge in [-0.25, -0.2) is 0 Å². The van der Waals surface area contributed by atoms with Crippen molar-refractivity contribution in [2.45, 2.75) is 50.9 Å². The van der Waals surface area contributed by atoms with E-state index in [1.54, 1.807) is 0 Å². The minimum absolute atomic E-state index is 0.217. The molecule has 0 bridgehead atoms. The number of aliphatic hydroxyl groups is 4. The van der Waals surface area contributed by atoms with Gasteiger partial charge in [0, 0.05) is 6.42 Å². The molecule has 0 aliphatic rings. The van der Waals surface area contributed by atoms with Gasteiger partial charge in [-0.15, -0.1) is 0 Å². The highest BCUT2D eigenvalue weighted by Gasteiger charge is 2.30. The lowest BCUT2D eigenvalue weighted by Crippen LogP contribution is -2.45. The Morgan fingerprint density at radius 2 is 1.79 bits per heavy atom. The number of ketones is 1. The molecular weight excluding hydrogens is 256 g/mol. The summed E-state index contributed by atoms with van der Waals surface area (Å²) in [6, 6.07) is 0. The molecule has 4 N–H and O–H groups in total. The van der Waals surface area contributed by atoms with Crippen molar-refractivity contribution in [3.63, 3.8) is 0 Å². The van der Waals surface area contributed by atoms with E-state index in [1.165, 1.54) is 0 Å². The summed E-state index contributed by atoms with van der Waals surface area (Å²) in [6.45, 7) is 0.536. The molecule has 0 aliphatic carbocycles. The van der Waals surface area contributed by atoms with Crippen molar-refractivity contribution < 1.29 is 34.8 Å². The van der Waals surface area contributed by atoms with E-state index in [1.807, 2.05) is 6.92 Å². The van der Waals surface area contributed by atoms with Crippen molar-refractivity contribution in [1.82, 2.24) is 0 Å². The zero-order valence-electron chi connectivity index (χ0n) is 11.0. The minimum atomic E-state index is -1.90. The van der Waals surface area contributed by atoms with Gasteiger partial charge in [0.25, 0.3) is 0 Å². The molecule has 0 rings (SSSR count). The molecule has 112 valence electrons. The summed E-state index contributed by atoms with van der Waals surface area (Å²) in [4.78, 5) is 22.1. The second-order valence-electron chi connectivity index (χ2n) is 4.27. The third-order valence-electron chi connectivity index (χ3n) is 2.60. The predicted molar refractivity (Wildman–Crippen MR) is 65.2 cm³/mol. The van der Waals surface area contributed by atoms with E-state index in [2.05, 4.69) is 0 Å². The lowest BCUT2D eigenvalue weighted by molar-refractivity contribution is -0.154. The van der Waals surface area contributed by atoms with Crippen LogP contribution in [-0.4, -0.2) is 63.7 Å². The number of aliphatic hydroxyl groups excluding tert-OH is 4. The zero-order valence-corrected chi connectivity index (χ0v) is 11.0. The van der Waals surface area contributed by atoms with Crippen LogP contribution >= 0.6 is 0 Å². The highest BCUT2D eigenvalue weighted by molar-refractivity contribution is 5.84. The highest BCUT2D eigenvalue weighted by atomic mass is 16.5. The van der Waals surface area contributed by atoms with Gasteiger partial charge in [0.2, 0.25) is 0 Å². The summed E-state index contributed by atoms with van der Waals surface area (Å²) in [6.07, 6.45) is -2.54. The summed E-state index contributed by atoms with van der Waals surface area (Å²) >= 11 is 0. The normalized spacial score (nSPS) is 15.6. The number of ether oxygens (including phenoxy) is 1. The van der Waals surface area contributed by atoms with Gasteiger partial charge in [0.15, 0.2) is 5.78 Å². The Labute approximate surface area is 111 Å². The number of carbonyl (C=O) groups excluding carboxylic acids is 2. The van der Waals surface area contributed by atoms with Crippen molar-refractivity contribution in [3.05, 3.63) is 0 Å². The molecule has 0 aromatic heterocycles. The Bertz CT molecular complexity index is 279. The summed E-state index contributed by atoms with van der Waals surface area (Å²) in [5.41, 5.74) is 0. The maximum Gasteiger partial charge on any atom is 0.305 e. The first kappa shape index (κ1) is 18.0. The highest BCUT2D eigenvalue weighted by Crippen LogP contribution is 2.05. The fraction of sp³-hybridized carbons (Fsp3) is 0.833. The lowest BCUT2D eigenvalue weighted by Gasteiger charge is -2.21. The van der Waals surface area contributed by atoms with Crippen LogP contribution in [0.1, 0.15) is 32.6 Å². The van der Waals surface area contributed by atoms with Gasteiger partial charge in [-0.2, -0.15) is 0 Å². The Morgan fingerprint density at radius 3 is 2.32 bits per heavy atom. The van der Waals surface area contributed by atoms with E-state index in [0.717, 1.165) is 12.8 Å². The Hall–Kier alpha value is -1.02. The third-order valence-corrected chi connectivity index (χ3v) is 2.60. The number of carbonyl (C=O) groups is 2. The summed E-state index contributed by atoms with van der Waals surface area (Å²) < 4.78 is 4.70. The van der Waals surface area contributed by atoms with E-state index in [4.69, 9.17) is 9.84 Å². The fourth-order valence-electron chi connectivity index (χ4n) is 1.36. The molecule has 7 nitrogen and oxygen atoms in total. The monoisotopic (exact) mass is 278 g/mol. The first-order valence-electron chi connectivity index (χ1n) is 6.27. The number of hydrogen-bond acceptors (Lipinski definition) is 7. The zero-order chi connectivity index (χ0) is 14.8. The number of Topliss-reactive ketones (excluding diaryl/α,β-unsaturated/α-hetero) is 1. The van der Waals surface area contributed by atoms with Crippen LogP contribution in [-0.2, 0) is 14.3 Å². The SMILES string of the molecule is CCCCCC(=O)OC[C@@H](O)[C@@H](O)[C@H](O)C(=O)CO. The van der Waals surface area contributed by atoms with Crippen LogP contribution in [0.4, 0.5) is 0 Å². The smallest absolute Gasteiger partial charge is 0.305 e. The van der Waals surface area contributed by atoms with Crippen molar-refractivity contribution in [3.8, 4) is 0 Å². The molecule has 0 saturated carbocycles. The molecule has 3 atom stereocenters. The maximum absolute atomic E-state index is 11.2. The van der Waals surface area contributed by atoms with Crippen LogP contribution < -0.4 is 0 Å². The second kappa shape index (κ2) is 9.85. The third kappa shape index (κ3) is 7.22. The molecule has 0 aromatic rings. The summed E-state index contributed by atoms with van der Waals surface area (Å²) in [5.74, 6) is -1.52. The first-order valence-corrected chi connectivity index (χ1v) is 6.27. The van der Waals surface area contributed by atoms with Crippen LogP contribution in [0.3, 0.4) is 0 Å². The number of rotatable bonds is 10. The topological polar surface area (TPSA) is 124 Å². The Balaban J connectivity index is 3.99. The molecule has 0 aliphatic heterocycles. The van der Waals surface area contributed by atoms with Gasteiger partial charge in [-0.05, 0) is 6.42 Å². The molecule has 0 unspecified atom stereocenters. The molecule has 0 heterocycles. The molecular formula is C12H22O7. The quantitative estimate of drug-likeness (QED) is 0.291. The number of hydrogen-bond donors (Lipinski definition) is 4. The fourth-order valence-corrected chi connectivity index (χ4v) is 1.36. The van der Waals surface area contributed by atoms with E-state index in [-0.39, 0.29) is 6.42 Å². The molecule has 0 fully saturated rings. The van der Waals surface area contributed by atoms with Gasteiger partial charge in [0.1, 0.15) is 31.5 Å². The lowest BCUT2D eigenvalue weighted by atomic mass is 10.1. The van der Waals surface area contributed by atoms with Gasteiger partial charge in [-0.1, -0.05) is 19.8 Å². The van der Waals surface area contributed by atoms with Crippen LogP contribution in [0.15, 0.2) is 0 Å². The number of unbranched alkanes of at least 4 members (excludes halogenated alkanes) is 2. The van der Waals surface area contributed by atoms with Crippen LogP contribution in [0, 0.1) is 0 Å². The van der Waals surface area contributed by atoms with E-state index < -0.39 is 43.3 Å². The Morgan fingerprint density at radius 1 is 1.16 bits per heavy atom. The summed E-state index contributed by atoms with van der Waals surface area (Å²) in [5, 5.41) is 36.5. The van der Waals surface area contributed by atoms with E-state index in [0.29, 0.717) is 6.42 Å². The standard InChI is InChI=1S/C12H22O7/c1-2-3-4-5-10(16)19-7-9(15)12(18)11(17)8(14)6-13/h9,11-13,15,17-18H,2-7H2,1H3/t9-,11-,12-/m1/s1. The minimum Gasteiger partial charge on any atom is -0.463 e. The molecule has 0 aromatic carbocycles. The second-order valence-corrected chi connectivity index (χ2v) is 4.27. The largest absolute Gasteiger partial charge is 0.463 e. The van der Waals surface area contributed by atoms with E-state index >= 15 is 0 Å². The molecule has 0 amide bonds. The van der Waals surface area contributed by atoms with Gasteiger partial charge in [-0.3, -0.25) is 9.59 Å². The van der Waals surface area contributed by atoms with Crippen molar-refractivity contribution in [2.75, 3.05) is 13.2 Å². The molecule has 7 heteroatoms. The molecule has 0 saturated heterocycles. The maximum atomic E-state index is 11.2. The van der Waals surface area contributed by atoms with Gasteiger partial charge >= 0.3 is 5.97 Å². The van der Waals surface area contributed by atoms with Crippen molar-refractivity contribution in [1.29, 1.82) is 0 Å². The van der Waals surface area contributed by atoms with Gasteiger partial charge in [0.05, 0.1) is 0 Å².